The summed E-state index contributed by atoms with van der Waals surface area (Å²) in [7, 11) is 0. The lowest BCUT2D eigenvalue weighted by Gasteiger charge is -2.54. The van der Waals surface area contributed by atoms with Gasteiger partial charge in [0.05, 0.1) is 12.6 Å². The van der Waals surface area contributed by atoms with Gasteiger partial charge in [0, 0.05) is 36.1 Å². The number of aliphatic imine (C=N–C) groups is 1. The Balaban J connectivity index is 1.72. The van der Waals surface area contributed by atoms with E-state index in [1.54, 1.807) is 12.1 Å². The van der Waals surface area contributed by atoms with Crippen LogP contribution in [0.5, 0.6) is 5.75 Å². The molecule has 1 aliphatic heterocycles. The van der Waals surface area contributed by atoms with E-state index in [4.69, 9.17) is 4.74 Å². The maximum absolute atomic E-state index is 12.6. The van der Waals surface area contributed by atoms with E-state index < -0.39 is 6.36 Å². The summed E-state index contributed by atoms with van der Waals surface area (Å²) < 4.78 is 47.7. The first-order valence-electron chi connectivity index (χ1n) is 9.22. The number of alkyl halides is 3. The third kappa shape index (κ3) is 4.31. The SMILES string of the molecule is CCNC(=NCc1ccccc1OC(F)(F)F)NC1C2CCOC2C1(C)C. The van der Waals surface area contributed by atoms with Gasteiger partial charge in [0.2, 0.25) is 0 Å². The average molecular weight is 385 g/mol. The van der Waals surface area contributed by atoms with Crippen molar-refractivity contribution in [1.82, 2.24) is 10.6 Å². The molecule has 8 heteroatoms. The van der Waals surface area contributed by atoms with Crippen molar-refractivity contribution in [3.8, 4) is 5.75 Å². The minimum absolute atomic E-state index is 0.0192. The van der Waals surface area contributed by atoms with Crippen molar-refractivity contribution in [2.45, 2.75) is 52.2 Å². The Bertz CT molecular complexity index is 691. The van der Waals surface area contributed by atoms with Crippen LogP contribution in [0, 0.1) is 11.3 Å². The van der Waals surface area contributed by atoms with Gasteiger partial charge >= 0.3 is 6.36 Å². The van der Waals surface area contributed by atoms with E-state index in [0.29, 0.717) is 24.0 Å². The van der Waals surface area contributed by atoms with Gasteiger partial charge in [-0.2, -0.15) is 0 Å². The van der Waals surface area contributed by atoms with Crippen molar-refractivity contribution >= 4 is 5.96 Å². The predicted molar refractivity (Wildman–Crippen MR) is 96.5 cm³/mol. The Hall–Kier alpha value is -1.96. The number of fused-ring (bicyclic) bond motifs is 1. The Labute approximate surface area is 157 Å². The highest BCUT2D eigenvalue weighted by Gasteiger charge is 2.59. The molecule has 150 valence electrons. The molecule has 1 aromatic carbocycles. The zero-order chi connectivity index (χ0) is 19.7. The van der Waals surface area contributed by atoms with Crippen LogP contribution in [0.2, 0.25) is 0 Å². The van der Waals surface area contributed by atoms with Crippen LogP contribution in [-0.4, -0.2) is 37.6 Å². The van der Waals surface area contributed by atoms with E-state index in [1.165, 1.54) is 12.1 Å². The second-order valence-electron chi connectivity index (χ2n) is 7.54. The fourth-order valence-corrected chi connectivity index (χ4v) is 4.11. The number of ether oxygens (including phenoxy) is 2. The molecular formula is C19H26F3N3O2. The van der Waals surface area contributed by atoms with Crippen LogP contribution in [0.1, 0.15) is 32.8 Å². The second-order valence-corrected chi connectivity index (χ2v) is 7.54. The zero-order valence-electron chi connectivity index (χ0n) is 15.8. The fraction of sp³-hybridized carbons (Fsp3) is 0.632. The molecule has 1 saturated carbocycles. The largest absolute Gasteiger partial charge is 0.573 e. The quantitative estimate of drug-likeness (QED) is 0.602. The Kier molecular flexibility index (Phi) is 5.55. The number of guanidine groups is 1. The van der Waals surface area contributed by atoms with Crippen LogP contribution < -0.4 is 15.4 Å². The predicted octanol–water partition coefficient (Wildman–Crippen LogP) is 3.45. The average Bonchev–Trinajstić information content (AvgIpc) is 3.04. The van der Waals surface area contributed by atoms with E-state index in [9.17, 15) is 13.2 Å². The number of para-hydroxylation sites is 1. The lowest BCUT2D eigenvalue weighted by molar-refractivity contribution is -0.274. The lowest BCUT2D eigenvalue weighted by atomic mass is 9.57. The molecule has 0 amide bonds. The topological polar surface area (TPSA) is 54.9 Å². The van der Waals surface area contributed by atoms with Gasteiger partial charge < -0.3 is 20.1 Å². The van der Waals surface area contributed by atoms with Gasteiger partial charge in [0.15, 0.2) is 5.96 Å². The molecule has 3 rings (SSSR count). The summed E-state index contributed by atoms with van der Waals surface area (Å²) in [6.07, 6.45) is -3.47. The van der Waals surface area contributed by atoms with E-state index in [-0.39, 0.29) is 29.9 Å². The molecule has 3 atom stereocenters. The first-order chi connectivity index (χ1) is 12.7. The minimum atomic E-state index is -4.73. The number of benzene rings is 1. The highest BCUT2D eigenvalue weighted by atomic mass is 19.4. The van der Waals surface area contributed by atoms with Crippen LogP contribution in [0.4, 0.5) is 13.2 Å². The van der Waals surface area contributed by atoms with Crippen LogP contribution in [0.15, 0.2) is 29.3 Å². The molecule has 0 spiro atoms. The summed E-state index contributed by atoms with van der Waals surface area (Å²) in [6.45, 7) is 7.78. The third-order valence-corrected chi connectivity index (χ3v) is 5.34. The number of rotatable bonds is 5. The molecule has 2 N–H and O–H groups in total. The number of nitrogens with one attached hydrogen (secondary N) is 2. The molecule has 0 aromatic heterocycles. The van der Waals surface area contributed by atoms with Crippen LogP contribution in [-0.2, 0) is 11.3 Å². The van der Waals surface area contributed by atoms with Gasteiger partial charge in [-0.3, -0.25) is 0 Å². The minimum Gasteiger partial charge on any atom is -0.405 e. The van der Waals surface area contributed by atoms with Crippen LogP contribution in [0.25, 0.3) is 0 Å². The standard InChI is InChI=1S/C19H26F3N3O2/c1-4-23-17(25-15-13-9-10-26-16(13)18(15,2)3)24-11-12-7-5-6-8-14(12)27-19(20,21)22/h5-8,13,15-16H,4,9-11H2,1-3H3,(H2,23,24,25). The highest BCUT2D eigenvalue weighted by molar-refractivity contribution is 5.80. The zero-order valence-corrected chi connectivity index (χ0v) is 15.8. The molecule has 1 aliphatic carbocycles. The van der Waals surface area contributed by atoms with Crippen molar-refractivity contribution in [2.24, 2.45) is 16.3 Å². The highest BCUT2D eigenvalue weighted by Crippen LogP contribution is 2.52. The third-order valence-electron chi connectivity index (χ3n) is 5.34. The summed E-state index contributed by atoms with van der Waals surface area (Å²) in [6, 6.07) is 6.28. The maximum Gasteiger partial charge on any atom is 0.573 e. The smallest absolute Gasteiger partial charge is 0.405 e. The Morgan fingerprint density at radius 2 is 2.07 bits per heavy atom. The van der Waals surface area contributed by atoms with Crippen molar-refractivity contribution in [1.29, 1.82) is 0 Å². The monoisotopic (exact) mass is 385 g/mol. The summed E-state index contributed by atoms with van der Waals surface area (Å²) in [5.74, 6) is 0.797. The lowest BCUT2D eigenvalue weighted by Crippen LogP contribution is -2.67. The van der Waals surface area contributed by atoms with Gasteiger partial charge in [-0.25, -0.2) is 4.99 Å². The van der Waals surface area contributed by atoms with Gasteiger partial charge in [0.1, 0.15) is 5.75 Å². The molecule has 1 aromatic rings. The fourth-order valence-electron chi connectivity index (χ4n) is 4.11. The van der Waals surface area contributed by atoms with E-state index in [2.05, 4.69) is 34.2 Å². The van der Waals surface area contributed by atoms with Crippen molar-refractivity contribution in [3.05, 3.63) is 29.8 Å². The van der Waals surface area contributed by atoms with Crippen molar-refractivity contribution in [2.75, 3.05) is 13.2 Å². The van der Waals surface area contributed by atoms with Crippen LogP contribution in [0.3, 0.4) is 0 Å². The molecule has 5 nitrogen and oxygen atoms in total. The van der Waals surface area contributed by atoms with Gasteiger partial charge in [-0.1, -0.05) is 32.0 Å². The number of halogens is 3. The molecule has 3 unspecified atom stereocenters. The first-order valence-corrected chi connectivity index (χ1v) is 9.22. The molecule has 2 fully saturated rings. The molecular weight excluding hydrogens is 359 g/mol. The number of hydrogen-bond acceptors (Lipinski definition) is 3. The Morgan fingerprint density at radius 1 is 1.33 bits per heavy atom. The molecule has 0 radical (unpaired) electrons. The van der Waals surface area contributed by atoms with Crippen molar-refractivity contribution in [3.63, 3.8) is 0 Å². The molecule has 1 heterocycles. The van der Waals surface area contributed by atoms with E-state index in [0.717, 1.165) is 13.0 Å². The molecule has 1 saturated heterocycles. The molecule has 0 bridgehead atoms. The van der Waals surface area contributed by atoms with E-state index >= 15 is 0 Å². The summed E-state index contributed by atoms with van der Waals surface area (Å²) in [5.41, 5.74) is 0.358. The molecule has 2 aliphatic rings. The molecule has 27 heavy (non-hydrogen) atoms. The normalized spacial score (nSPS) is 26.9. The van der Waals surface area contributed by atoms with Gasteiger partial charge in [-0.15, -0.1) is 13.2 Å². The first kappa shape index (κ1) is 19.8. The Morgan fingerprint density at radius 3 is 2.78 bits per heavy atom. The van der Waals surface area contributed by atoms with Gasteiger partial charge in [-0.05, 0) is 19.4 Å². The van der Waals surface area contributed by atoms with Crippen molar-refractivity contribution < 1.29 is 22.6 Å². The number of hydrogen-bond donors (Lipinski definition) is 2. The summed E-state index contributed by atoms with van der Waals surface area (Å²) in [5, 5.41) is 6.62. The van der Waals surface area contributed by atoms with Crippen LogP contribution >= 0.6 is 0 Å². The number of nitrogens with zero attached hydrogens (tertiary/aromatic N) is 1. The van der Waals surface area contributed by atoms with E-state index in [1.807, 2.05) is 6.92 Å². The summed E-state index contributed by atoms with van der Waals surface area (Å²) in [4.78, 5) is 4.48. The maximum atomic E-state index is 12.6. The second kappa shape index (κ2) is 7.58. The summed E-state index contributed by atoms with van der Waals surface area (Å²) >= 11 is 0. The van der Waals surface area contributed by atoms with Gasteiger partial charge in [0.25, 0.3) is 0 Å².